The van der Waals surface area contributed by atoms with Crippen molar-refractivity contribution in [3.8, 4) is 45.9 Å². The van der Waals surface area contributed by atoms with Gasteiger partial charge in [-0.3, -0.25) is 23.9 Å². The Kier molecular flexibility index (Phi) is 17.6. The molecule has 0 aliphatic carbocycles. The second kappa shape index (κ2) is 27.1. The SMILES string of the molecule is CCN1C(=O)/C(=c2\sc(=Cc3ccc(C#Cc4c5nc(c(-c6ccccc6)c6ccc([n-]6)c(C#Cc6ccc7c(c6)CCN7c6ccc(C=C(c7ccccc7)c7ccccc7)cc6)c6nc(c(-c7ccccc7)c7ccc4[n-]7)C=C6)C=C5)cc3)c(=O)n2CC(=O)O)SC1=S.[Zn+2]. The molecule has 0 atom stereocenters. The smallest absolute Gasteiger partial charge is 0.656 e. The predicted octanol–water partition coefficient (Wildman–Crippen LogP) is 14.5. The first-order valence-electron chi connectivity index (χ1n) is 30.9. The summed E-state index contributed by atoms with van der Waals surface area (Å²) in [6.45, 7) is 2.41. The fourth-order valence-electron chi connectivity index (χ4n) is 12.2. The van der Waals surface area contributed by atoms with Crippen molar-refractivity contribution in [3.63, 3.8) is 0 Å². The van der Waals surface area contributed by atoms with Gasteiger partial charge in [0.2, 0.25) is 0 Å². The van der Waals surface area contributed by atoms with Crippen LogP contribution in [0, 0.1) is 23.7 Å². The molecule has 4 aliphatic rings. The van der Waals surface area contributed by atoms with Gasteiger partial charge < -0.3 is 20.0 Å². The Labute approximate surface area is 579 Å². The largest absolute Gasteiger partial charge is 2.00 e. The number of hydrogen-bond acceptors (Lipinski definition) is 9. The van der Waals surface area contributed by atoms with E-state index in [1.165, 1.54) is 32.9 Å². The third kappa shape index (κ3) is 12.5. The van der Waals surface area contributed by atoms with Crippen LogP contribution >= 0.6 is 35.3 Å². The molecule has 11 nitrogen and oxygen atoms in total. The topological polar surface area (TPSA) is 137 Å². The Morgan fingerprint density at radius 2 is 1.11 bits per heavy atom. The Hall–Kier alpha value is -11.0. The van der Waals surface area contributed by atoms with E-state index in [1.54, 1.807) is 6.08 Å². The van der Waals surface area contributed by atoms with Gasteiger partial charge in [0.25, 0.3) is 11.5 Å². The van der Waals surface area contributed by atoms with Gasteiger partial charge in [-0.15, -0.1) is 33.4 Å². The molecule has 0 unspecified atom stereocenters. The molecule has 1 saturated heterocycles. The molecule has 15 heteroatoms. The Balaban J connectivity index is 0.00000792. The molecule has 1 fully saturated rings. The van der Waals surface area contributed by atoms with E-state index in [0.717, 1.165) is 90.9 Å². The molecule has 0 spiro atoms. The minimum atomic E-state index is -1.20. The van der Waals surface area contributed by atoms with Crippen LogP contribution in [0.4, 0.5) is 11.4 Å². The number of carboxylic acid groups (broad SMARTS) is 1. The van der Waals surface area contributed by atoms with Crippen molar-refractivity contribution in [3.05, 3.63) is 305 Å². The van der Waals surface area contributed by atoms with Crippen molar-refractivity contribution in [2.45, 2.75) is 19.9 Å². The van der Waals surface area contributed by atoms with E-state index >= 15 is 0 Å². The molecule has 4 aromatic heterocycles. The minimum Gasteiger partial charge on any atom is -0.656 e. The first-order chi connectivity index (χ1) is 46.6. The van der Waals surface area contributed by atoms with Crippen LogP contribution < -0.4 is 29.6 Å². The fourth-order valence-corrected chi connectivity index (χ4v) is 14.9. The number of thiocarbonyl (C=S) groups is 1. The number of benzene rings is 7. The second-order valence-electron chi connectivity index (χ2n) is 22.8. The number of amides is 1. The summed E-state index contributed by atoms with van der Waals surface area (Å²) < 4.78 is 2.01. The van der Waals surface area contributed by atoms with Gasteiger partial charge in [-0.05, 0) is 148 Å². The summed E-state index contributed by atoms with van der Waals surface area (Å²) >= 11 is 7.57. The van der Waals surface area contributed by atoms with Crippen LogP contribution in [0.1, 0.15) is 79.8 Å². The van der Waals surface area contributed by atoms with Gasteiger partial charge in [0, 0.05) is 46.7 Å². The maximum atomic E-state index is 13.8. The summed E-state index contributed by atoms with van der Waals surface area (Å²) in [5, 5.41) is 9.77. The number of rotatable bonds is 10. The van der Waals surface area contributed by atoms with Crippen LogP contribution in [-0.4, -0.2) is 53.8 Å². The van der Waals surface area contributed by atoms with E-state index < -0.39 is 18.1 Å². The first-order valence-corrected chi connectivity index (χ1v) is 33.0. The molecule has 1 amide bonds. The van der Waals surface area contributed by atoms with Crippen LogP contribution in [0.25, 0.3) is 91.3 Å². The van der Waals surface area contributed by atoms with Gasteiger partial charge in [-0.25, -0.2) is 9.97 Å². The summed E-state index contributed by atoms with van der Waals surface area (Å²) in [5.41, 5.74) is 20.2. The van der Waals surface area contributed by atoms with Crippen molar-refractivity contribution in [2.24, 2.45) is 0 Å². The summed E-state index contributed by atoms with van der Waals surface area (Å²) in [7, 11) is 0. The van der Waals surface area contributed by atoms with Crippen LogP contribution in [0.5, 0.6) is 0 Å². The molecule has 456 valence electrons. The number of anilines is 2. The monoisotopic (exact) mass is 1350 g/mol. The zero-order chi connectivity index (χ0) is 64.5. The number of fused-ring (bicyclic) bond motifs is 9. The molecule has 8 bridgehead atoms. The van der Waals surface area contributed by atoms with Crippen molar-refractivity contribution in [2.75, 3.05) is 18.0 Å². The van der Waals surface area contributed by atoms with Gasteiger partial charge >= 0.3 is 25.4 Å². The van der Waals surface area contributed by atoms with Crippen LogP contribution in [-0.2, 0) is 42.0 Å². The van der Waals surface area contributed by atoms with E-state index in [9.17, 15) is 19.5 Å². The molecule has 96 heavy (non-hydrogen) atoms. The van der Waals surface area contributed by atoms with Crippen molar-refractivity contribution in [1.29, 1.82) is 0 Å². The number of carbonyl (C=O) groups is 2. The molecule has 7 aromatic carbocycles. The Bertz CT molecular complexity index is 5500. The third-order valence-corrected chi connectivity index (χ3v) is 19.5. The second-order valence-corrected chi connectivity index (χ2v) is 25.5. The summed E-state index contributed by atoms with van der Waals surface area (Å²) in [5.74, 6) is 12.5. The molecular formula is C81H53N7O4S3Zn. The quantitative estimate of drug-likeness (QED) is 0.0606. The first kappa shape index (κ1) is 62.4. The average molecular weight is 1350 g/mol. The molecule has 0 radical (unpaired) electrons. The van der Waals surface area contributed by atoms with Crippen LogP contribution in [0.3, 0.4) is 0 Å². The number of hydrogen-bond donors (Lipinski definition) is 1. The number of carboxylic acids is 1. The summed E-state index contributed by atoms with van der Waals surface area (Å²) in [4.78, 5) is 64.6. The molecule has 11 aromatic rings. The van der Waals surface area contributed by atoms with Gasteiger partial charge in [-0.1, -0.05) is 218 Å². The van der Waals surface area contributed by atoms with E-state index in [4.69, 9.17) is 32.2 Å². The number of thiazole rings is 1. The van der Waals surface area contributed by atoms with Crippen molar-refractivity contribution in [1.82, 2.24) is 29.4 Å². The average Bonchev–Trinajstić information content (AvgIpc) is 1.63. The number of carbonyl (C=O) groups excluding carboxylic acids is 1. The van der Waals surface area contributed by atoms with Gasteiger partial charge in [0.15, 0.2) is 0 Å². The molecular weight excluding hydrogens is 1300 g/mol. The zero-order valence-electron chi connectivity index (χ0n) is 51.7. The van der Waals surface area contributed by atoms with E-state index in [1.807, 2.05) is 116 Å². The zero-order valence-corrected chi connectivity index (χ0v) is 57.2. The summed E-state index contributed by atoms with van der Waals surface area (Å²) in [6, 6.07) is 72.1. The fraction of sp³-hybridized carbons (Fsp3) is 0.0617. The number of nitrogens with zero attached hydrogens (tertiary/aromatic N) is 7. The standard InChI is InChI=1S/C81H55N7O4S3.Zn/c1-2-86-79(92)77(95-81(86)93)80-88(50-74(89)90)78(91)73(94-80)49-54-25-23-51(24-26-54)29-34-61-64-36-40-68(82-64)75(57-19-11-5-12-20-57)70-42-38-66(84-70)62(67-39-43-71(85-67)76(58-21-13-6-14-22-58)69-41-37-65(61)83-69)35-30-52-31-44-72-59(47-52)45-46-87(72)60-32-27-53(28-33-60)48-63(55-15-7-3-8-16-55)56-17-9-4-10-18-56;/h3-28,31-33,36-44,47-49H,2,45-46,50H2,1H3,(H3,82,83,84,85,89,90,91);/q;+2/p-2/b64-61?,65-61?,66-62?,67-62?,75-68?,75-70?,76-69?,76-71?,80-77+;. The van der Waals surface area contributed by atoms with E-state index in [0.29, 0.717) is 66.8 Å². The van der Waals surface area contributed by atoms with Crippen LogP contribution in [0.2, 0.25) is 0 Å². The van der Waals surface area contributed by atoms with Crippen LogP contribution in [0.15, 0.2) is 217 Å². The minimum absolute atomic E-state index is 0. The van der Waals surface area contributed by atoms with Gasteiger partial charge in [0.05, 0.1) is 27.3 Å². The number of thioether (sulfide) groups is 1. The Morgan fingerprint density at radius 1 is 0.604 bits per heavy atom. The van der Waals surface area contributed by atoms with E-state index in [-0.39, 0.29) is 39.5 Å². The molecule has 15 rings (SSSR count). The summed E-state index contributed by atoms with van der Waals surface area (Å²) in [6.07, 6.45) is 12.9. The van der Waals surface area contributed by atoms with Crippen molar-refractivity contribution < 1.29 is 34.2 Å². The molecule has 8 heterocycles. The molecule has 1 N–H and O–H groups in total. The molecule has 0 saturated carbocycles. The number of aliphatic carboxylic acids is 1. The Morgan fingerprint density at radius 3 is 1.66 bits per heavy atom. The third-order valence-electron chi connectivity index (χ3n) is 16.8. The van der Waals surface area contributed by atoms with Gasteiger partial charge in [0.1, 0.15) is 20.4 Å². The van der Waals surface area contributed by atoms with E-state index in [2.05, 4.69) is 162 Å². The maximum Gasteiger partial charge on any atom is 2.00 e. The molecule has 4 aliphatic heterocycles. The van der Waals surface area contributed by atoms with Gasteiger partial charge in [-0.2, -0.15) is 0 Å². The maximum absolute atomic E-state index is 13.8. The normalized spacial score (nSPS) is 13.6. The number of aromatic nitrogens is 5. The van der Waals surface area contributed by atoms with Crippen molar-refractivity contribution >= 4 is 132 Å². The predicted molar refractivity (Wildman–Crippen MR) is 390 cm³/mol.